The van der Waals surface area contributed by atoms with E-state index < -0.39 is 0 Å². The van der Waals surface area contributed by atoms with E-state index >= 15 is 0 Å². The molecule has 0 saturated heterocycles. The van der Waals surface area contributed by atoms with Crippen LogP contribution in [0.5, 0.6) is 0 Å². The molecule has 14 heavy (non-hydrogen) atoms. The van der Waals surface area contributed by atoms with Crippen molar-refractivity contribution in [2.75, 3.05) is 0 Å². The SMILES string of the molecule is C=COC=C.Cc1ccccc1CO. The van der Waals surface area contributed by atoms with Gasteiger partial charge in [-0.25, -0.2) is 0 Å². The van der Waals surface area contributed by atoms with Gasteiger partial charge in [0.05, 0.1) is 19.1 Å². The van der Waals surface area contributed by atoms with Crippen LogP contribution in [0.1, 0.15) is 11.1 Å². The maximum absolute atomic E-state index is 8.72. The molecule has 0 aliphatic carbocycles. The lowest BCUT2D eigenvalue weighted by Crippen LogP contribution is -1.85. The molecular formula is C12H16O2. The predicted octanol–water partition coefficient (Wildman–Crippen LogP) is 2.78. The minimum absolute atomic E-state index is 0.146. The standard InChI is InChI=1S/C8H10O.C4H6O/c1-7-4-2-3-5-8(7)6-9;1-3-5-4-2/h2-5,9H,6H2,1H3;3-4H,1-2H2. The Hall–Kier alpha value is -1.54. The van der Waals surface area contributed by atoms with Crippen molar-refractivity contribution >= 4 is 0 Å². The summed E-state index contributed by atoms with van der Waals surface area (Å²) in [5.41, 5.74) is 2.16. The van der Waals surface area contributed by atoms with Crippen molar-refractivity contribution in [1.82, 2.24) is 0 Å². The molecule has 0 atom stereocenters. The van der Waals surface area contributed by atoms with Gasteiger partial charge in [0, 0.05) is 0 Å². The Bertz CT molecular complexity index is 273. The van der Waals surface area contributed by atoms with Crippen molar-refractivity contribution in [2.24, 2.45) is 0 Å². The second kappa shape index (κ2) is 8.08. The van der Waals surface area contributed by atoms with Gasteiger partial charge in [0.15, 0.2) is 0 Å². The monoisotopic (exact) mass is 192 g/mol. The summed E-state index contributed by atoms with van der Waals surface area (Å²) in [6, 6.07) is 7.81. The zero-order valence-electron chi connectivity index (χ0n) is 8.44. The summed E-state index contributed by atoms with van der Waals surface area (Å²) in [6.45, 7) is 8.65. The van der Waals surface area contributed by atoms with Crippen LogP contribution in [0.2, 0.25) is 0 Å². The van der Waals surface area contributed by atoms with E-state index in [1.54, 1.807) is 0 Å². The van der Waals surface area contributed by atoms with Crippen LogP contribution in [-0.4, -0.2) is 5.11 Å². The maximum Gasteiger partial charge on any atom is 0.0829 e. The minimum atomic E-state index is 0.146. The van der Waals surface area contributed by atoms with Crippen molar-refractivity contribution in [3.8, 4) is 0 Å². The van der Waals surface area contributed by atoms with Gasteiger partial charge in [-0.2, -0.15) is 0 Å². The molecule has 2 nitrogen and oxygen atoms in total. The number of rotatable bonds is 3. The van der Waals surface area contributed by atoms with Gasteiger partial charge in [0.2, 0.25) is 0 Å². The molecule has 0 aliphatic rings. The number of aliphatic hydroxyl groups excluding tert-OH is 1. The summed E-state index contributed by atoms with van der Waals surface area (Å²) in [7, 11) is 0. The Morgan fingerprint density at radius 1 is 1.29 bits per heavy atom. The third kappa shape index (κ3) is 5.17. The second-order valence-electron chi connectivity index (χ2n) is 2.55. The Morgan fingerprint density at radius 3 is 2.14 bits per heavy atom. The van der Waals surface area contributed by atoms with Gasteiger partial charge in [-0.1, -0.05) is 37.4 Å². The Kier molecular flexibility index (Phi) is 7.19. The molecule has 76 valence electrons. The van der Waals surface area contributed by atoms with Crippen LogP contribution < -0.4 is 0 Å². The minimum Gasteiger partial charge on any atom is -0.474 e. The lowest BCUT2D eigenvalue weighted by Gasteiger charge is -1.97. The summed E-state index contributed by atoms with van der Waals surface area (Å²) in [5.74, 6) is 0. The van der Waals surface area contributed by atoms with Gasteiger partial charge in [0.25, 0.3) is 0 Å². The van der Waals surface area contributed by atoms with E-state index in [1.165, 1.54) is 12.5 Å². The van der Waals surface area contributed by atoms with Crippen LogP contribution in [0.25, 0.3) is 0 Å². The smallest absolute Gasteiger partial charge is 0.0829 e. The summed E-state index contributed by atoms with van der Waals surface area (Å²) in [6.07, 6.45) is 2.62. The highest BCUT2D eigenvalue weighted by molar-refractivity contribution is 5.24. The largest absolute Gasteiger partial charge is 0.474 e. The highest BCUT2D eigenvalue weighted by Crippen LogP contribution is 2.05. The first-order valence-electron chi connectivity index (χ1n) is 4.29. The molecule has 1 rings (SSSR count). The van der Waals surface area contributed by atoms with Gasteiger partial charge >= 0.3 is 0 Å². The molecule has 2 heteroatoms. The summed E-state index contributed by atoms with van der Waals surface area (Å²) >= 11 is 0. The molecule has 0 heterocycles. The summed E-state index contributed by atoms with van der Waals surface area (Å²) in [4.78, 5) is 0. The molecule has 0 radical (unpaired) electrons. The van der Waals surface area contributed by atoms with Gasteiger partial charge in [-0.3, -0.25) is 0 Å². The lowest BCUT2D eigenvalue weighted by molar-refractivity contribution is 0.281. The first kappa shape index (κ1) is 12.5. The molecular weight excluding hydrogens is 176 g/mol. The number of aryl methyl sites for hydroxylation is 1. The van der Waals surface area contributed by atoms with E-state index in [-0.39, 0.29) is 6.61 Å². The fourth-order valence-electron chi connectivity index (χ4n) is 0.856. The third-order valence-electron chi connectivity index (χ3n) is 1.62. The van der Waals surface area contributed by atoms with Gasteiger partial charge < -0.3 is 9.84 Å². The molecule has 0 aliphatic heterocycles. The lowest BCUT2D eigenvalue weighted by atomic mass is 10.1. The molecule has 1 aromatic carbocycles. The van der Waals surface area contributed by atoms with Crippen molar-refractivity contribution < 1.29 is 9.84 Å². The fraction of sp³-hybridized carbons (Fsp3) is 0.167. The average molecular weight is 192 g/mol. The van der Waals surface area contributed by atoms with Crippen molar-refractivity contribution in [2.45, 2.75) is 13.5 Å². The van der Waals surface area contributed by atoms with Crippen LogP contribution in [0.3, 0.4) is 0 Å². The molecule has 0 fully saturated rings. The number of ether oxygens (including phenoxy) is 1. The van der Waals surface area contributed by atoms with E-state index in [0.29, 0.717) is 0 Å². The van der Waals surface area contributed by atoms with Gasteiger partial charge in [-0.15, -0.1) is 0 Å². The van der Waals surface area contributed by atoms with E-state index in [2.05, 4.69) is 17.9 Å². The summed E-state index contributed by atoms with van der Waals surface area (Å²) < 4.78 is 4.36. The van der Waals surface area contributed by atoms with Crippen LogP contribution >= 0.6 is 0 Å². The number of benzene rings is 1. The quantitative estimate of drug-likeness (QED) is 0.746. The fourth-order valence-corrected chi connectivity index (χ4v) is 0.856. The van der Waals surface area contributed by atoms with Crippen molar-refractivity contribution in [3.63, 3.8) is 0 Å². The van der Waals surface area contributed by atoms with Gasteiger partial charge in [-0.05, 0) is 18.1 Å². The molecule has 0 aromatic heterocycles. The number of hydrogen-bond donors (Lipinski definition) is 1. The highest BCUT2D eigenvalue weighted by atomic mass is 16.5. The first-order chi connectivity index (χ1) is 6.76. The molecule has 0 unspecified atom stereocenters. The zero-order valence-corrected chi connectivity index (χ0v) is 8.44. The molecule has 0 saturated carbocycles. The molecule has 1 N–H and O–H groups in total. The Morgan fingerprint density at radius 2 is 1.86 bits per heavy atom. The maximum atomic E-state index is 8.72. The Balaban J connectivity index is 0.000000292. The van der Waals surface area contributed by atoms with Crippen LogP contribution in [0.15, 0.2) is 49.9 Å². The van der Waals surface area contributed by atoms with Crippen LogP contribution in [0.4, 0.5) is 0 Å². The molecule has 0 spiro atoms. The van der Waals surface area contributed by atoms with E-state index in [4.69, 9.17) is 5.11 Å². The van der Waals surface area contributed by atoms with E-state index in [0.717, 1.165) is 11.1 Å². The second-order valence-corrected chi connectivity index (χ2v) is 2.55. The zero-order chi connectivity index (χ0) is 10.8. The number of hydrogen-bond acceptors (Lipinski definition) is 2. The molecule has 0 bridgehead atoms. The van der Waals surface area contributed by atoms with E-state index in [1.807, 2.05) is 31.2 Å². The van der Waals surface area contributed by atoms with Gasteiger partial charge in [0.1, 0.15) is 0 Å². The topological polar surface area (TPSA) is 29.5 Å². The summed E-state index contributed by atoms with van der Waals surface area (Å²) in [5, 5.41) is 8.72. The first-order valence-corrected chi connectivity index (χ1v) is 4.29. The van der Waals surface area contributed by atoms with E-state index in [9.17, 15) is 0 Å². The highest BCUT2D eigenvalue weighted by Gasteiger charge is 1.90. The molecule has 1 aromatic rings. The Labute approximate surface area is 85.2 Å². The van der Waals surface area contributed by atoms with Crippen molar-refractivity contribution in [1.29, 1.82) is 0 Å². The predicted molar refractivity (Wildman–Crippen MR) is 58.6 cm³/mol. The van der Waals surface area contributed by atoms with Crippen LogP contribution in [-0.2, 0) is 11.3 Å². The van der Waals surface area contributed by atoms with Crippen LogP contribution in [0, 0.1) is 6.92 Å². The van der Waals surface area contributed by atoms with Crippen molar-refractivity contribution in [3.05, 3.63) is 61.1 Å². The molecule has 0 amide bonds. The normalized spacial score (nSPS) is 8.14. The average Bonchev–Trinajstić information content (AvgIpc) is 2.21. The number of aliphatic hydroxyl groups is 1. The third-order valence-corrected chi connectivity index (χ3v) is 1.62.